The summed E-state index contributed by atoms with van der Waals surface area (Å²) in [5, 5.41) is 40.2. The third kappa shape index (κ3) is 5.28. The summed E-state index contributed by atoms with van der Waals surface area (Å²) >= 11 is 0. The average molecular weight is 561 g/mol. The third-order valence-electron chi connectivity index (χ3n) is 12.6. The molecule has 14 atom stereocenters. The molecule has 0 aromatic carbocycles. The quantitative estimate of drug-likeness (QED) is 0.303. The van der Waals surface area contributed by atoms with Gasteiger partial charge in [0.1, 0.15) is 18.3 Å². The second kappa shape index (κ2) is 11.7. The van der Waals surface area contributed by atoms with Crippen LogP contribution in [0.3, 0.4) is 0 Å². The van der Waals surface area contributed by atoms with Crippen LogP contribution < -0.4 is 0 Å². The maximum absolute atomic E-state index is 10.4. The van der Waals surface area contributed by atoms with E-state index in [1.165, 1.54) is 32.1 Å². The minimum absolute atomic E-state index is 0.0996. The summed E-state index contributed by atoms with van der Waals surface area (Å²) in [6.07, 6.45) is 10.8. The zero-order chi connectivity index (χ0) is 29.0. The first-order valence-electron chi connectivity index (χ1n) is 16.3. The van der Waals surface area contributed by atoms with E-state index in [9.17, 15) is 20.4 Å². The van der Waals surface area contributed by atoms with Crippen molar-refractivity contribution >= 4 is 0 Å². The van der Waals surface area contributed by atoms with Crippen molar-refractivity contribution in [2.45, 2.75) is 136 Å². The Hall–Kier alpha value is -0.760. The highest BCUT2D eigenvalue weighted by Gasteiger charge is 2.58. The molecule has 5 aliphatic rings. The summed E-state index contributed by atoms with van der Waals surface area (Å²) in [6, 6.07) is 0. The summed E-state index contributed by atoms with van der Waals surface area (Å²) < 4.78 is 11.4. The Balaban J connectivity index is 1.26. The molecule has 5 rings (SSSR count). The Morgan fingerprint density at radius 3 is 2.33 bits per heavy atom. The second-order valence-corrected chi connectivity index (χ2v) is 14.9. The number of rotatable bonds is 7. The largest absolute Gasteiger partial charge is 0.387 e. The van der Waals surface area contributed by atoms with E-state index in [1.54, 1.807) is 5.57 Å². The van der Waals surface area contributed by atoms with Crippen molar-refractivity contribution in [2.24, 2.45) is 52.3 Å². The van der Waals surface area contributed by atoms with Crippen LogP contribution >= 0.6 is 0 Å². The lowest BCUT2D eigenvalue weighted by Gasteiger charge is -2.58. The van der Waals surface area contributed by atoms with Crippen LogP contribution in [0.4, 0.5) is 0 Å². The molecular formula is C34H56O6. The van der Waals surface area contributed by atoms with Gasteiger partial charge in [0.25, 0.3) is 0 Å². The van der Waals surface area contributed by atoms with Crippen LogP contribution in [-0.2, 0) is 9.47 Å². The number of hydrogen-bond acceptors (Lipinski definition) is 6. The van der Waals surface area contributed by atoms with Gasteiger partial charge in [0.05, 0.1) is 6.10 Å². The van der Waals surface area contributed by atoms with E-state index in [-0.39, 0.29) is 11.5 Å². The average Bonchev–Trinajstić information content (AvgIpc) is 3.28. The van der Waals surface area contributed by atoms with E-state index >= 15 is 0 Å². The Morgan fingerprint density at radius 1 is 0.925 bits per heavy atom. The van der Waals surface area contributed by atoms with Crippen LogP contribution in [0.2, 0.25) is 0 Å². The molecule has 1 heterocycles. The molecule has 228 valence electrons. The minimum Gasteiger partial charge on any atom is -0.387 e. The first-order chi connectivity index (χ1) is 18.9. The maximum Gasteiger partial charge on any atom is 0.189 e. The summed E-state index contributed by atoms with van der Waals surface area (Å²) in [6.45, 7) is 14.6. The SMILES string of the molecule is CCC(C=CC(C)C1CCC2C3=CCC4CC(OC5OC(O)C(O)C(O)C5O)CCC4(C)C3CCC21C)C(C)C. The Bertz CT molecular complexity index is 947. The molecule has 3 saturated carbocycles. The van der Waals surface area contributed by atoms with Gasteiger partial charge < -0.3 is 29.9 Å². The van der Waals surface area contributed by atoms with E-state index in [1.807, 2.05) is 0 Å². The molecule has 0 amide bonds. The van der Waals surface area contributed by atoms with Crippen molar-refractivity contribution in [3.05, 3.63) is 23.8 Å². The second-order valence-electron chi connectivity index (χ2n) is 14.9. The van der Waals surface area contributed by atoms with E-state index in [0.717, 1.165) is 31.6 Å². The van der Waals surface area contributed by atoms with Crippen LogP contribution in [0, 0.1) is 52.3 Å². The fourth-order valence-electron chi connectivity index (χ4n) is 9.92. The molecule has 1 saturated heterocycles. The predicted molar refractivity (Wildman–Crippen MR) is 156 cm³/mol. The summed E-state index contributed by atoms with van der Waals surface area (Å²) in [5.41, 5.74) is 2.39. The summed E-state index contributed by atoms with van der Waals surface area (Å²) in [5.74, 6) is 4.59. The Labute approximate surface area is 242 Å². The monoisotopic (exact) mass is 560 g/mol. The van der Waals surface area contributed by atoms with E-state index < -0.39 is 30.9 Å². The van der Waals surface area contributed by atoms with Crippen LogP contribution in [0.1, 0.15) is 99.3 Å². The molecule has 0 spiro atoms. The van der Waals surface area contributed by atoms with Crippen molar-refractivity contribution in [1.82, 2.24) is 0 Å². The molecule has 4 N–H and O–H groups in total. The molecule has 0 bridgehead atoms. The molecule has 4 fully saturated rings. The van der Waals surface area contributed by atoms with Crippen molar-refractivity contribution < 1.29 is 29.9 Å². The normalized spacial score (nSPS) is 48.8. The minimum atomic E-state index is -1.56. The summed E-state index contributed by atoms with van der Waals surface area (Å²) in [4.78, 5) is 0. The van der Waals surface area contributed by atoms with Gasteiger partial charge in [0.15, 0.2) is 12.6 Å². The highest BCUT2D eigenvalue weighted by Crippen LogP contribution is 2.67. The fourth-order valence-corrected chi connectivity index (χ4v) is 9.92. The molecule has 40 heavy (non-hydrogen) atoms. The third-order valence-corrected chi connectivity index (χ3v) is 12.6. The van der Waals surface area contributed by atoms with Gasteiger partial charge in [-0.15, -0.1) is 0 Å². The lowest BCUT2D eigenvalue weighted by Crippen LogP contribution is -2.59. The number of hydrogen-bond donors (Lipinski definition) is 4. The van der Waals surface area contributed by atoms with Crippen LogP contribution in [0.15, 0.2) is 23.8 Å². The maximum atomic E-state index is 10.4. The number of aliphatic hydroxyl groups is 4. The van der Waals surface area contributed by atoms with Crippen LogP contribution in [0.25, 0.3) is 0 Å². The van der Waals surface area contributed by atoms with Gasteiger partial charge in [-0.1, -0.05) is 65.3 Å². The van der Waals surface area contributed by atoms with Gasteiger partial charge in [-0.05, 0) is 110 Å². The number of fused-ring (bicyclic) bond motifs is 5. The Kier molecular flexibility index (Phi) is 9.00. The molecule has 6 heteroatoms. The zero-order valence-corrected chi connectivity index (χ0v) is 25.7. The van der Waals surface area contributed by atoms with Crippen molar-refractivity contribution in [2.75, 3.05) is 0 Å². The van der Waals surface area contributed by atoms with Crippen molar-refractivity contribution in [3.63, 3.8) is 0 Å². The molecule has 14 unspecified atom stereocenters. The van der Waals surface area contributed by atoms with Crippen molar-refractivity contribution in [1.29, 1.82) is 0 Å². The fraction of sp³-hybridized carbons (Fsp3) is 0.882. The topological polar surface area (TPSA) is 99.4 Å². The molecule has 6 nitrogen and oxygen atoms in total. The standard InChI is InChI=1S/C34H56O6/c1-7-21(19(2)3)9-8-20(4)25-12-13-26-24-11-10-22-18-23(39-32-30(37)28(35)29(36)31(38)40-32)14-16-33(22,5)27(24)15-17-34(25,26)6/h8-9,11,19-23,25-32,35-38H,7,10,12-18H2,1-6H3. The van der Waals surface area contributed by atoms with Gasteiger partial charge in [-0.2, -0.15) is 0 Å². The smallest absolute Gasteiger partial charge is 0.189 e. The molecule has 0 aromatic heterocycles. The lowest BCUT2D eigenvalue weighted by molar-refractivity contribution is -0.350. The van der Waals surface area contributed by atoms with Gasteiger partial charge >= 0.3 is 0 Å². The van der Waals surface area contributed by atoms with Gasteiger partial charge in [0.2, 0.25) is 0 Å². The Morgan fingerprint density at radius 2 is 1.62 bits per heavy atom. The molecule has 0 aromatic rings. The number of aliphatic hydroxyl groups excluding tert-OH is 4. The van der Waals surface area contributed by atoms with E-state index in [4.69, 9.17) is 9.47 Å². The molecule has 1 aliphatic heterocycles. The van der Waals surface area contributed by atoms with Crippen LogP contribution in [0.5, 0.6) is 0 Å². The zero-order valence-electron chi connectivity index (χ0n) is 25.7. The lowest BCUT2D eigenvalue weighted by atomic mass is 9.47. The van der Waals surface area contributed by atoms with Crippen molar-refractivity contribution in [3.8, 4) is 0 Å². The molecule has 4 aliphatic carbocycles. The highest BCUT2D eigenvalue weighted by molar-refractivity contribution is 5.28. The summed E-state index contributed by atoms with van der Waals surface area (Å²) in [7, 11) is 0. The van der Waals surface area contributed by atoms with Gasteiger partial charge in [-0.25, -0.2) is 0 Å². The van der Waals surface area contributed by atoms with Gasteiger partial charge in [-0.3, -0.25) is 0 Å². The predicted octanol–water partition coefficient (Wildman–Crippen LogP) is 5.58. The molecule has 0 radical (unpaired) electrons. The first-order valence-corrected chi connectivity index (χ1v) is 16.3. The first kappa shape index (κ1) is 30.7. The number of ether oxygens (including phenoxy) is 2. The van der Waals surface area contributed by atoms with E-state index in [0.29, 0.717) is 40.9 Å². The van der Waals surface area contributed by atoms with Crippen LogP contribution in [-0.4, -0.2) is 57.4 Å². The molecular weight excluding hydrogens is 504 g/mol. The highest BCUT2D eigenvalue weighted by atomic mass is 16.7. The van der Waals surface area contributed by atoms with E-state index in [2.05, 4.69) is 59.8 Å². The number of allylic oxidation sites excluding steroid dienone is 4. The van der Waals surface area contributed by atoms with Gasteiger partial charge in [0, 0.05) is 0 Å².